The quantitative estimate of drug-likeness (QED) is 0.546. The van der Waals surface area contributed by atoms with Crippen molar-refractivity contribution in [3.05, 3.63) is 0 Å². The SMILES string of the molecule is CC(C)C(C(=O)C(=O)NCC1CC1)N(C=O)CC(C)(C)C. The molecule has 1 atom stereocenters. The normalized spacial score (nSPS) is 16.5. The average molecular weight is 296 g/mol. The standard InChI is InChI=1S/C16H28N2O3/c1-11(2)13(18(10-19)9-16(3,4)5)14(20)15(21)17-8-12-6-7-12/h10-13H,6-9H2,1-5H3,(H,17,21). The molecule has 1 unspecified atom stereocenters. The molecule has 0 heterocycles. The molecule has 0 radical (unpaired) electrons. The molecule has 0 bridgehead atoms. The molecule has 1 N–H and O–H groups in total. The molecular formula is C16H28N2O3. The average Bonchev–Trinajstić information content (AvgIpc) is 3.16. The third-order valence-corrected chi connectivity index (χ3v) is 3.52. The minimum absolute atomic E-state index is 0.100. The van der Waals surface area contributed by atoms with Crippen LogP contribution in [0, 0.1) is 17.3 Å². The maximum atomic E-state index is 12.4. The van der Waals surface area contributed by atoms with Crippen LogP contribution in [0.5, 0.6) is 0 Å². The zero-order valence-electron chi connectivity index (χ0n) is 13.8. The van der Waals surface area contributed by atoms with Crippen LogP contribution in [0.3, 0.4) is 0 Å². The Morgan fingerprint density at radius 1 is 1.29 bits per heavy atom. The number of rotatable bonds is 8. The molecule has 0 saturated heterocycles. The van der Waals surface area contributed by atoms with Crippen molar-refractivity contribution in [3.63, 3.8) is 0 Å². The number of carbonyl (C=O) groups is 3. The fraction of sp³-hybridized carbons (Fsp3) is 0.812. The second-order valence-electron chi connectivity index (χ2n) is 7.54. The van der Waals surface area contributed by atoms with Crippen LogP contribution in [0.2, 0.25) is 0 Å². The highest BCUT2D eigenvalue weighted by Gasteiger charge is 2.35. The summed E-state index contributed by atoms with van der Waals surface area (Å²) in [6.45, 7) is 10.7. The zero-order chi connectivity index (χ0) is 16.2. The van der Waals surface area contributed by atoms with E-state index in [1.165, 1.54) is 4.90 Å². The zero-order valence-corrected chi connectivity index (χ0v) is 13.8. The van der Waals surface area contributed by atoms with Crippen molar-refractivity contribution in [1.29, 1.82) is 0 Å². The van der Waals surface area contributed by atoms with Gasteiger partial charge in [-0.25, -0.2) is 0 Å². The molecular weight excluding hydrogens is 268 g/mol. The van der Waals surface area contributed by atoms with Gasteiger partial charge >= 0.3 is 0 Å². The van der Waals surface area contributed by atoms with Gasteiger partial charge in [0, 0.05) is 13.1 Å². The molecule has 1 saturated carbocycles. The molecule has 120 valence electrons. The molecule has 0 aliphatic heterocycles. The van der Waals surface area contributed by atoms with Crippen LogP contribution in [0.4, 0.5) is 0 Å². The van der Waals surface area contributed by atoms with E-state index in [0.717, 1.165) is 12.8 Å². The Labute approximate surface area is 127 Å². The Balaban J connectivity index is 2.74. The third-order valence-electron chi connectivity index (χ3n) is 3.52. The smallest absolute Gasteiger partial charge is 0.289 e. The number of ketones is 1. The molecule has 0 spiro atoms. The maximum Gasteiger partial charge on any atom is 0.289 e. The van der Waals surface area contributed by atoms with Gasteiger partial charge in [0.25, 0.3) is 5.91 Å². The van der Waals surface area contributed by atoms with Gasteiger partial charge in [0.05, 0.1) is 0 Å². The lowest BCUT2D eigenvalue weighted by Gasteiger charge is -2.34. The minimum atomic E-state index is -0.694. The summed E-state index contributed by atoms with van der Waals surface area (Å²) in [4.78, 5) is 37.2. The number of hydrogen-bond acceptors (Lipinski definition) is 3. The molecule has 1 aliphatic rings. The molecule has 5 nitrogen and oxygen atoms in total. The van der Waals surface area contributed by atoms with Crippen LogP contribution in [0.15, 0.2) is 0 Å². The Morgan fingerprint density at radius 2 is 1.86 bits per heavy atom. The first-order chi connectivity index (χ1) is 9.65. The largest absolute Gasteiger partial charge is 0.349 e. The summed E-state index contributed by atoms with van der Waals surface area (Å²) in [6, 6.07) is -0.694. The molecule has 1 fully saturated rings. The number of nitrogens with zero attached hydrogens (tertiary/aromatic N) is 1. The topological polar surface area (TPSA) is 66.5 Å². The van der Waals surface area contributed by atoms with Crippen LogP contribution >= 0.6 is 0 Å². The van der Waals surface area contributed by atoms with Crippen LogP contribution in [-0.4, -0.2) is 42.1 Å². The van der Waals surface area contributed by atoms with Crippen LogP contribution < -0.4 is 5.32 Å². The summed E-state index contributed by atoms with van der Waals surface area (Å²) < 4.78 is 0. The van der Waals surface area contributed by atoms with Gasteiger partial charge in [-0.15, -0.1) is 0 Å². The van der Waals surface area contributed by atoms with Crippen LogP contribution in [0.25, 0.3) is 0 Å². The number of hydrogen-bond donors (Lipinski definition) is 1. The van der Waals surface area contributed by atoms with Crippen molar-refractivity contribution >= 4 is 18.1 Å². The monoisotopic (exact) mass is 296 g/mol. The van der Waals surface area contributed by atoms with Crippen LogP contribution in [-0.2, 0) is 14.4 Å². The highest BCUT2D eigenvalue weighted by Crippen LogP contribution is 2.27. The van der Waals surface area contributed by atoms with Gasteiger partial charge in [-0.3, -0.25) is 14.4 Å². The van der Waals surface area contributed by atoms with E-state index in [2.05, 4.69) is 5.32 Å². The van der Waals surface area contributed by atoms with E-state index >= 15 is 0 Å². The van der Waals surface area contributed by atoms with Crippen molar-refractivity contribution < 1.29 is 14.4 Å². The summed E-state index contributed by atoms with van der Waals surface area (Å²) in [5.41, 5.74) is -0.126. The van der Waals surface area contributed by atoms with E-state index in [1.807, 2.05) is 34.6 Å². The lowest BCUT2D eigenvalue weighted by atomic mass is 9.92. The van der Waals surface area contributed by atoms with E-state index in [4.69, 9.17) is 0 Å². The molecule has 2 amide bonds. The third kappa shape index (κ3) is 5.86. The Morgan fingerprint density at radius 3 is 2.24 bits per heavy atom. The first kappa shape index (κ1) is 17.7. The number of amides is 2. The summed E-state index contributed by atoms with van der Waals surface area (Å²) in [7, 11) is 0. The van der Waals surface area contributed by atoms with Crippen molar-refractivity contribution in [2.75, 3.05) is 13.1 Å². The van der Waals surface area contributed by atoms with Crippen LogP contribution in [0.1, 0.15) is 47.5 Å². The van der Waals surface area contributed by atoms with Crippen molar-refractivity contribution in [2.24, 2.45) is 17.3 Å². The van der Waals surface area contributed by atoms with Gasteiger partial charge in [-0.05, 0) is 30.1 Å². The molecule has 0 aromatic rings. The van der Waals surface area contributed by atoms with E-state index in [-0.39, 0.29) is 11.3 Å². The Bertz CT molecular complexity index is 395. The number of nitrogens with one attached hydrogen (secondary N) is 1. The fourth-order valence-corrected chi connectivity index (χ4v) is 2.37. The first-order valence-corrected chi connectivity index (χ1v) is 7.69. The minimum Gasteiger partial charge on any atom is -0.349 e. The molecule has 0 aromatic heterocycles. The molecule has 5 heteroatoms. The van der Waals surface area contributed by atoms with E-state index < -0.39 is 17.7 Å². The predicted octanol–water partition coefficient (Wildman–Crippen LogP) is 1.61. The highest BCUT2D eigenvalue weighted by molar-refractivity contribution is 6.38. The maximum absolute atomic E-state index is 12.4. The van der Waals surface area contributed by atoms with Crippen molar-refractivity contribution in [2.45, 2.75) is 53.5 Å². The van der Waals surface area contributed by atoms with Gasteiger partial charge in [-0.1, -0.05) is 34.6 Å². The molecule has 1 aliphatic carbocycles. The van der Waals surface area contributed by atoms with E-state index in [9.17, 15) is 14.4 Å². The second kappa shape index (κ2) is 7.05. The van der Waals surface area contributed by atoms with Crippen molar-refractivity contribution in [1.82, 2.24) is 10.2 Å². The highest BCUT2D eigenvalue weighted by atomic mass is 16.2. The molecule has 0 aromatic carbocycles. The summed E-state index contributed by atoms with van der Waals surface area (Å²) in [5, 5.41) is 2.69. The first-order valence-electron chi connectivity index (χ1n) is 7.69. The fourth-order valence-electron chi connectivity index (χ4n) is 2.37. The van der Waals surface area contributed by atoms with E-state index in [0.29, 0.717) is 25.4 Å². The summed E-state index contributed by atoms with van der Waals surface area (Å²) in [5.74, 6) is -0.656. The van der Waals surface area contributed by atoms with E-state index in [1.54, 1.807) is 0 Å². The molecule has 21 heavy (non-hydrogen) atoms. The second-order valence-corrected chi connectivity index (χ2v) is 7.54. The van der Waals surface area contributed by atoms with Gasteiger partial charge in [-0.2, -0.15) is 0 Å². The number of carbonyl (C=O) groups excluding carboxylic acids is 3. The Hall–Kier alpha value is -1.39. The lowest BCUT2D eigenvalue weighted by Crippen LogP contribution is -2.52. The van der Waals surface area contributed by atoms with Crippen molar-refractivity contribution in [3.8, 4) is 0 Å². The summed E-state index contributed by atoms with van der Waals surface area (Å²) >= 11 is 0. The summed E-state index contributed by atoms with van der Waals surface area (Å²) in [6.07, 6.45) is 2.92. The molecule has 1 rings (SSSR count). The lowest BCUT2D eigenvalue weighted by molar-refractivity contribution is -0.144. The van der Waals surface area contributed by atoms with Gasteiger partial charge < -0.3 is 10.2 Å². The number of Topliss-reactive ketones (excluding diaryl/α,β-unsaturated/α-hetero) is 1. The van der Waals surface area contributed by atoms with Gasteiger partial charge in [0.1, 0.15) is 6.04 Å². The Kier molecular flexibility index (Phi) is 5.93. The van der Waals surface area contributed by atoms with Gasteiger partial charge in [0.15, 0.2) is 0 Å². The predicted molar refractivity (Wildman–Crippen MR) is 81.6 cm³/mol. The van der Waals surface area contributed by atoms with Gasteiger partial charge in [0.2, 0.25) is 12.2 Å².